The van der Waals surface area contributed by atoms with Crippen molar-refractivity contribution in [3.8, 4) is 0 Å². The van der Waals surface area contributed by atoms with Gasteiger partial charge in [-0.25, -0.2) is 0 Å². The maximum absolute atomic E-state index is 11.2. The highest BCUT2D eigenvalue weighted by atomic mass is 16.4. The molecule has 0 spiro atoms. The van der Waals surface area contributed by atoms with Gasteiger partial charge < -0.3 is 5.11 Å². The van der Waals surface area contributed by atoms with Crippen LogP contribution in [0.2, 0.25) is 0 Å². The predicted molar refractivity (Wildman–Crippen MR) is 73.0 cm³/mol. The molecular weight excluding hydrogens is 212 g/mol. The first-order valence-corrected chi connectivity index (χ1v) is 6.35. The Balaban J connectivity index is 4.09. The molecule has 0 saturated carbocycles. The summed E-state index contributed by atoms with van der Waals surface area (Å²) in [5, 5.41) is 9.19. The SMILES string of the molecule is C=C(C)[C@](C)(CCC=CCCC(C)C)C(=O)O. The molecule has 0 unspecified atom stereocenters. The van der Waals surface area contributed by atoms with Crippen molar-refractivity contribution in [3.05, 3.63) is 24.3 Å². The number of hydrogen-bond donors (Lipinski definition) is 1. The minimum absolute atomic E-state index is 0.621. The van der Waals surface area contributed by atoms with Gasteiger partial charge in [0.25, 0.3) is 0 Å². The van der Waals surface area contributed by atoms with Crippen LogP contribution in [0.3, 0.4) is 0 Å². The second-order valence-electron chi connectivity index (χ2n) is 5.40. The Morgan fingerprint density at radius 1 is 1.35 bits per heavy atom. The van der Waals surface area contributed by atoms with Crippen LogP contribution in [0.15, 0.2) is 24.3 Å². The Morgan fingerprint density at radius 3 is 2.29 bits per heavy atom. The normalized spacial score (nSPS) is 15.1. The molecule has 0 bridgehead atoms. The van der Waals surface area contributed by atoms with Crippen LogP contribution in [0.1, 0.15) is 53.4 Å². The lowest BCUT2D eigenvalue weighted by atomic mass is 9.79. The summed E-state index contributed by atoms with van der Waals surface area (Å²) < 4.78 is 0. The minimum atomic E-state index is -0.789. The fourth-order valence-corrected chi connectivity index (χ4v) is 1.54. The van der Waals surface area contributed by atoms with Crippen LogP contribution in [-0.2, 0) is 4.79 Å². The van der Waals surface area contributed by atoms with Crippen molar-refractivity contribution in [2.45, 2.75) is 53.4 Å². The average molecular weight is 238 g/mol. The highest BCUT2D eigenvalue weighted by Gasteiger charge is 2.32. The molecule has 0 heterocycles. The first-order chi connectivity index (χ1) is 7.80. The van der Waals surface area contributed by atoms with E-state index < -0.39 is 11.4 Å². The second kappa shape index (κ2) is 7.31. The molecule has 2 nitrogen and oxygen atoms in total. The fraction of sp³-hybridized carbons (Fsp3) is 0.667. The van der Waals surface area contributed by atoms with Crippen molar-refractivity contribution < 1.29 is 9.90 Å². The Labute approximate surface area is 105 Å². The van der Waals surface area contributed by atoms with E-state index in [0.717, 1.165) is 24.3 Å². The van der Waals surface area contributed by atoms with Gasteiger partial charge in [-0.1, -0.05) is 38.2 Å². The van der Waals surface area contributed by atoms with Crippen molar-refractivity contribution in [1.82, 2.24) is 0 Å². The number of rotatable bonds is 8. The van der Waals surface area contributed by atoms with Crippen LogP contribution >= 0.6 is 0 Å². The van der Waals surface area contributed by atoms with Crippen LogP contribution < -0.4 is 0 Å². The molecular formula is C15H26O2. The maximum Gasteiger partial charge on any atom is 0.313 e. The molecule has 0 rings (SSSR count). The molecule has 0 aliphatic rings. The Bertz CT molecular complexity index is 273. The third kappa shape index (κ3) is 5.71. The third-order valence-electron chi connectivity index (χ3n) is 3.30. The average Bonchev–Trinajstić information content (AvgIpc) is 2.21. The highest BCUT2D eigenvalue weighted by Crippen LogP contribution is 2.31. The van der Waals surface area contributed by atoms with E-state index in [-0.39, 0.29) is 0 Å². The summed E-state index contributed by atoms with van der Waals surface area (Å²) in [6.45, 7) is 11.7. The highest BCUT2D eigenvalue weighted by molar-refractivity contribution is 5.77. The van der Waals surface area contributed by atoms with Crippen LogP contribution in [-0.4, -0.2) is 11.1 Å². The monoisotopic (exact) mass is 238 g/mol. The largest absolute Gasteiger partial charge is 0.481 e. The molecule has 0 fully saturated rings. The Kier molecular flexibility index (Phi) is 6.86. The summed E-state index contributed by atoms with van der Waals surface area (Å²) in [6.07, 6.45) is 7.93. The second-order valence-corrected chi connectivity index (χ2v) is 5.40. The molecule has 0 amide bonds. The predicted octanol–water partition coefficient (Wildman–Crippen LogP) is 4.43. The molecule has 0 aliphatic heterocycles. The van der Waals surface area contributed by atoms with Gasteiger partial charge in [-0.2, -0.15) is 0 Å². The van der Waals surface area contributed by atoms with Gasteiger partial charge in [0.05, 0.1) is 5.41 Å². The summed E-state index contributed by atoms with van der Waals surface area (Å²) >= 11 is 0. The van der Waals surface area contributed by atoms with Crippen molar-refractivity contribution in [2.75, 3.05) is 0 Å². The number of carboxylic acids is 1. The van der Waals surface area contributed by atoms with Gasteiger partial charge in [0.2, 0.25) is 0 Å². The van der Waals surface area contributed by atoms with Gasteiger partial charge >= 0.3 is 5.97 Å². The number of carboxylic acid groups (broad SMARTS) is 1. The van der Waals surface area contributed by atoms with Crippen LogP contribution in [0.25, 0.3) is 0 Å². The smallest absolute Gasteiger partial charge is 0.313 e. The van der Waals surface area contributed by atoms with Crippen LogP contribution in [0.4, 0.5) is 0 Å². The summed E-state index contributed by atoms with van der Waals surface area (Å²) in [4.78, 5) is 11.2. The van der Waals surface area contributed by atoms with Gasteiger partial charge in [-0.05, 0) is 45.4 Å². The van der Waals surface area contributed by atoms with Crippen molar-refractivity contribution in [3.63, 3.8) is 0 Å². The number of hydrogen-bond acceptors (Lipinski definition) is 1. The third-order valence-corrected chi connectivity index (χ3v) is 3.30. The molecule has 0 aromatic rings. The molecule has 1 N–H and O–H groups in total. The lowest BCUT2D eigenvalue weighted by Gasteiger charge is -2.24. The van der Waals surface area contributed by atoms with E-state index in [1.54, 1.807) is 13.8 Å². The molecule has 17 heavy (non-hydrogen) atoms. The quantitative estimate of drug-likeness (QED) is 0.635. The van der Waals surface area contributed by atoms with Gasteiger partial charge in [0.15, 0.2) is 0 Å². The number of allylic oxidation sites excluding steroid dienone is 2. The van der Waals surface area contributed by atoms with E-state index in [2.05, 4.69) is 32.6 Å². The van der Waals surface area contributed by atoms with E-state index in [0.29, 0.717) is 6.42 Å². The van der Waals surface area contributed by atoms with Crippen molar-refractivity contribution in [1.29, 1.82) is 0 Å². The minimum Gasteiger partial charge on any atom is -0.481 e. The number of aliphatic carboxylic acids is 1. The van der Waals surface area contributed by atoms with Crippen molar-refractivity contribution in [2.24, 2.45) is 11.3 Å². The molecule has 98 valence electrons. The molecule has 0 radical (unpaired) electrons. The Morgan fingerprint density at radius 2 is 1.88 bits per heavy atom. The van der Waals surface area contributed by atoms with E-state index in [4.69, 9.17) is 0 Å². The Hall–Kier alpha value is -1.05. The lowest BCUT2D eigenvalue weighted by molar-refractivity contribution is -0.146. The molecule has 0 aromatic carbocycles. The first-order valence-electron chi connectivity index (χ1n) is 6.35. The maximum atomic E-state index is 11.2. The summed E-state index contributed by atoms with van der Waals surface area (Å²) in [5.41, 5.74) is -0.0665. The topological polar surface area (TPSA) is 37.3 Å². The molecule has 2 heteroatoms. The zero-order chi connectivity index (χ0) is 13.5. The first kappa shape index (κ1) is 16.0. The zero-order valence-corrected chi connectivity index (χ0v) is 11.6. The van der Waals surface area contributed by atoms with Crippen LogP contribution in [0.5, 0.6) is 0 Å². The van der Waals surface area contributed by atoms with Gasteiger partial charge in [0, 0.05) is 0 Å². The van der Waals surface area contributed by atoms with Crippen LogP contribution in [0, 0.1) is 11.3 Å². The molecule has 0 aromatic heterocycles. The molecule has 0 saturated heterocycles. The van der Waals surface area contributed by atoms with E-state index in [1.807, 2.05) is 0 Å². The zero-order valence-electron chi connectivity index (χ0n) is 11.6. The summed E-state index contributed by atoms with van der Waals surface area (Å²) in [5.74, 6) is -0.0556. The lowest BCUT2D eigenvalue weighted by Crippen LogP contribution is -2.28. The van der Waals surface area contributed by atoms with E-state index in [9.17, 15) is 9.90 Å². The summed E-state index contributed by atoms with van der Waals surface area (Å²) in [7, 11) is 0. The van der Waals surface area contributed by atoms with E-state index >= 15 is 0 Å². The van der Waals surface area contributed by atoms with E-state index in [1.165, 1.54) is 6.42 Å². The molecule has 1 atom stereocenters. The summed E-state index contributed by atoms with van der Waals surface area (Å²) in [6, 6.07) is 0. The van der Waals surface area contributed by atoms with Gasteiger partial charge in [-0.15, -0.1) is 0 Å². The molecule has 0 aliphatic carbocycles. The number of carbonyl (C=O) groups is 1. The van der Waals surface area contributed by atoms with Gasteiger partial charge in [0.1, 0.15) is 0 Å². The standard InChI is InChI=1S/C15H26O2/c1-12(2)10-8-6-7-9-11-15(5,13(3)4)14(16)17/h6-7,12H,3,8-11H2,1-2,4-5H3,(H,16,17)/t15-/m0/s1. The van der Waals surface area contributed by atoms with Gasteiger partial charge in [-0.3, -0.25) is 4.79 Å². The van der Waals surface area contributed by atoms with Crippen molar-refractivity contribution >= 4 is 5.97 Å². The fourth-order valence-electron chi connectivity index (χ4n) is 1.54.